The number of hydrogen-bond acceptors (Lipinski definition) is 3. The van der Waals surface area contributed by atoms with E-state index in [1.165, 1.54) is 35.2 Å². The van der Waals surface area contributed by atoms with Crippen LogP contribution in [0.1, 0.15) is 38.0 Å². The molecule has 1 atom stereocenters. The Kier molecular flexibility index (Phi) is 8.23. The van der Waals surface area contributed by atoms with Crippen molar-refractivity contribution in [1.29, 1.82) is 0 Å². The molecule has 1 aromatic rings. The lowest BCUT2D eigenvalue weighted by Crippen LogP contribution is -2.21. The van der Waals surface area contributed by atoms with Crippen molar-refractivity contribution in [3.05, 3.63) is 20.8 Å². The van der Waals surface area contributed by atoms with Crippen LogP contribution in [0.25, 0.3) is 0 Å². The van der Waals surface area contributed by atoms with Crippen molar-refractivity contribution in [2.45, 2.75) is 39.7 Å². The molecule has 1 unspecified atom stereocenters. The van der Waals surface area contributed by atoms with Crippen LogP contribution >= 0.6 is 27.3 Å². The fraction of sp³-hybridized carbons (Fsp3) is 0.733. The van der Waals surface area contributed by atoms with Crippen molar-refractivity contribution >= 4 is 27.3 Å². The highest BCUT2D eigenvalue weighted by atomic mass is 79.9. The Balaban J connectivity index is 2.24. The third-order valence-electron chi connectivity index (χ3n) is 3.64. The second-order valence-electron chi connectivity index (χ2n) is 5.69. The number of rotatable bonds is 9. The van der Waals surface area contributed by atoms with Crippen LogP contribution in [0.5, 0.6) is 0 Å². The molecule has 0 amide bonds. The molecule has 0 fully saturated rings. The first kappa shape index (κ1) is 17.2. The molecule has 0 saturated carbocycles. The molecule has 1 heterocycles. The molecule has 0 aliphatic carbocycles. The quantitative estimate of drug-likeness (QED) is 0.720. The summed E-state index contributed by atoms with van der Waals surface area (Å²) < 4.78 is 1.20. The molecule has 0 radical (unpaired) electrons. The maximum absolute atomic E-state index is 5.69. The minimum Gasteiger partial charge on any atom is -0.330 e. The van der Waals surface area contributed by atoms with Crippen LogP contribution in [0.3, 0.4) is 0 Å². The number of nitrogens with zero attached hydrogens (tertiary/aromatic N) is 1. The largest absolute Gasteiger partial charge is 0.330 e. The molecule has 1 aromatic heterocycles. The van der Waals surface area contributed by atoms with Crippen LogP contribution in [-0.4, -0.2) is 25.0 Å². The zero-order valence-electron chi connectivity index (χ0n) is 12.4. The van der Waals surface area contributed by atoms with E-state index >= 15 is 0 Å². The van der Waals surface area contributed by atoms with Crippen molar-refractivity contribution < 1.29 is 0 Å². The van der Waals surface area contributed by atoms with Crippen molar-refractivity contribution in [2.75, 3.05) is 20.1 Å². The molecule has 4 heteroatoms. The lowest BCUT2D eigenvalue weighted by molar-refractivity contribution is 0.279. The molecule has 1 rings (SSSR count). The second-order valence-corrected chi connectivity index (χ2v) is 7.60. The summed E-state index contributed by atoms with van der Waals surface area (Å²) in [6, 6.07) is 2.21. The van der Waals surface area contributed by atoms with Crippen LogP contribution in [-0.2, 0) is 6.54 Å². The lowest BCUT2D eigenvalue weighted by atomic mass is 9.88. The van der Waals surface area contributed by atoms with Gasteiger partial charge in [0, 0.05) is 21.3 Å². The van der Waals surface area contributed by atoms with Gasteiger partial charge in [-0.2, -0.15) is 0 Å². The van der Waals surface area contributed by atoms with Gasteiger partial charge in [-0.05, 0) is 73.2 Å². The number of hydrogen-bond donors (Lipinski definition) is 1. The molecular weight excluding hydrogens is 320 g/mol. The molecule has 0 aromatic carbocycles. The average Bonchev–Trinajstić information content (AvgIpc) is 2.73. The van der Waals surface area contributed by atoms with E-state index in [4.69, 9.17) is 5.73 Å². The summed E-state index contributed by atoms with van der Waals surface area (Å²) in [5, 5.41) is 2.15. The standard InChI is InChI=1S/C15H27BrN2S/c1-12(2)13(6-7-17)5-4-8-18(3)10-15-9-14(16)11-19-15/h9,11-13H,4-8,10,17H2,1-3H3. The number of nitrogens with two attached hydrogens (primary N) is 1. The van der Waals surface area contributed by atoms with Crippen molar-refractivity contribution in [3.63, 3.8) is 0 Å². The summed E-state index contributed by atoms with van der Waals surface area (Å²) in [5.41, 5.74) is 5.69. The Bertz CT molecular complexity index is 352. The number of thiophene rings is 1. The maximum Gasteiger partial charge on any atom is 0.0325 e. The fourth-order valence-corrected chi connectivity index (χ4v) is 3.96. The lowest BCUT2D eigenvalue weighted by Gasteiger charge is -2.22. The predicted octanol–water partition coefficient (Wildman–Crippen LogP) is 4.34. The highest BCUT2D eigenvalue weighted by Gasteiger charge is 2.12. The molecule has 2 nitrogen and oxygen atoms in total. The van der Waals surface area contributed by atoms with Gasteiger partial charge in [0.15, 0.2) is 0 Å². The van der Waals surface area contributed by atoms with Crippen LogP contribution in [0.4, 0.5) is 0 Å². The monoisotopic (exact) mass is 346 g/mol. The summed E-state index contributed by atoms with van der Waals surface area (Å²) in [4.78, 5) is 3.84. The van der Waals surface area contributed by atoms with Crippen LogP contribution in [0.2, 0.25) is 0 Å². The molecule has 0 bridgehead atoms. The van der Waals surface area contributed by atoms with Crippen LogP contribution in [0, 0.1) is 11.8 Å². The zero-order chi connectivity index (χ0) is 14.3. The fourth-order valence-electron chi connectivity index (χ4n) is 2.43. The smallest absolute Gasteiger partial charge is 0.0325 e. The Morgan fingerprint density at radius 2 is 2.11 bits per heavy atom. The summed E-state index contributed by atoms with van der Waals surface area (Å²) >= 11 is 5.33. The van der Waals surface area contributed by atoms with Gasteiger partial charge in [0.1, 0.15) is 0 Å². The Morgan fingerprint density at radius 1 is 1.37 bits per heavy atom. The molecule has 0 aliphatic rings. The van der Waals surface area contributed by atoms with Gasteiger partial charge in [-0.25, -0.2) is 0 Å². The van der Waals surface area contributed by atoms with Crippen molar-refractivity contribution in [3.8, 4) is 0 Å². The van der Waals surface area contributed by atoms with Gasteiger partial charge >= 0.3 is 0 Å². The van der Waals surface area contributed by atoms with E-state index in [9.17, 15) is 0 Å². The maximum atomic E-state index is 5.69. The molecule has 2 N–H and O–H groups in total. The molecule has 0 saturated heterocycles. The van der Waals surface area contributed by atoms with Gasteiger partial charge in [0.05, 0.1) is 0 Å². The van der Waals surface area contributed by atoms with Gasteiger partial charge in [0.25, 0.3) is 0 Å². The normalized spacial score (nSPS) is 13.4. The first-order valence-corrected chi connectivity index (χ1v) is 8.81. The van der Waals surface area contributed by atoms with Gasteiger partial charge in [0.2, 0.25) is 0 Å². The highest BCUT2D eigenvalue weighted by Crippen LogP contribution is 2.22. The van der Waals surface area contributed by atoms with Crippen molar-refractivity contribution in [1.82, 2.24) is 4.90 Å². The Labute approximate surface area is 130 Å². The summed E-state index contributed by atoms with van der Waals surface area (Å²) in [5.74, 6) is 1.54. The Hall–Kier alpha value is 0.1000. The van der Waals surface area contributed by atoms with Gasteiger partial charge < -0.3 is 10.6 Å². The molecule has 0 aliphatic heterocycles. The van der Waals surface area contributed by atoms with Gasteiger partial charge in [-0.1, -0.05) is 13.8 Å². The van der Waals surface area contributed by atoms with Crippen LogP contribution in [0.15, 0.2) is 15.9 Å². The topological polar surface area (TPSA) is 29.3 Å². The van der Waals surface area contributed by atoms with E-state index in [-0.39, 0.29) is 0 Å². The average molecular weight is 347 g/mol. The summed E-state index contributed by atoms with van der Waals surface area (Å²) in [7, 11) is 2.21. The minimum absolute atomic E-state index is 0.752. The van der Waals surface area contributed by atoms with E-state index in [0.29, 0.717) is 0 Å². The van der Waals surface area contributed by atoms with E-state index < -0.39 is 0 Å². The van der Waals surface area contributed by atoms with E-state index in [1.54, 1.807) is 0 Å². The van der Waals surface area contributed by atoms with E-state index in [1.807, 2.05) is 11.3 Å². The number of halogens is 1. The first-order valence-electron chi connectivity index (χ1n) is 7.14. The zero-order valence-corrected chi connectivity index (χ0v) is 14.8. The minimum atomic E-state index is 0.752. The third kappa shape index (κ3) is 6.89. The predicted molar refractivity (Wildman–Crippen MR) is 89.6 cm³/mol. The molecular formula is C15H27BrN2S. The van der Waals surface area contributed by atoms with E-state index in [2.05, 4.69) is 53.2 Å². The molecule has 0 spiro atoms. The van der Waals surface area contributed by atoms with Gasteiger partial charge in [-0.15, -0.1) is 11.3 Å². The molecule has 110 valence electrons. The van der Waals surface area contributed by atoms with E-state index in [0.717, 1.165) is 24.9 Å². The Morgan fingerprint density at radius 3 is 2.63 bits per heavy atom. The van der Waals surface area contributed by atoms with Gasteiger partial charge in [-0.3, -0.25) is 0 Å². The first-order chi connectivity index (χ1) is 9.02. The molecule has 19 heavy (non-hydrogen) atoms. The third-order valence-corrected chi connectivity index (χ3v) is 5.32. The van der Waals surface area contributed by atoms with Crippen LogP contribution < -0.4 is 5.73 Å². The second kappa shape index (κ2) is 9.11. The summed E-state index contributed by atoms with van der Waals surface area (Å²) in [6.07, 6.45) is 3.73. The van der Waals surface area contributed by atoms with Crippen molar-refractivity contribution in [2.24, 2.45) is 17.6 Å². The highest BCUT2D eigenvalue weighted by molar-refractivity contribution is 9.10. The summed E-state index contributed by atoms with van der Waals surface area (Å²) in [6.45, 7) is 7.67. The SMILES string of the molecule is CC(C)C(CCN)CCCN(C)Cc1cc(Br)cs1.